The number of carboxylic acid groups (broad SMARTS) is 1. The van der Waals surface area contributed by atoms with Gasteiger partial charge in [0.2, 0.25) is 0 Å². The number of hydrogen-bond donors (Lipinski definition) is 2. The Balaban J connectivity index is 2.60. The Morgan fingerprint density at radius 1 is 1.47 bits per heavy atom. The number of carboxylic acids is 1. The molecule has 0 amide bonds. The Morgan fingerprint density at radius 2 is 2.18 bits per heavy atom. The third kappa shape index (κ3) is 4.44. The molecule has 0 aromatic heterocycles. The number of nitrogens with two attached hydrogens (primary N) is 1. The van der Waals surface area contributed by atoms with Gasteiger partial charge in [-0.05, 0) is 25.8 Å². The van der Waals surface area contributed by atoms with E-state index in [-0.39, 0.29) is 12.5 Å². The van der Waals surface area contributed by atoms with Gasteiger partial charge in [0.15, 0.2) is 0 Å². The highest BCUT2D eigenvalue weighted by Crippen LogP contribution is 2.26. The zero-order valence-electron chi connectivity index (χ0n) is 10.1. The van der Waals surface area contributed by atoms with Crippen molar-refractivity contribution in [2.75, 3.05) is 6.61 Å². The van der Waals surface area contributed by atoms with E-state index >= 15 is 0 Å². The lowest BCUT2D eigenvalue weighted by molar-refractivity contribution is -0.137. The topological polar surface area (TPSA) is 72.5 Å². The molecule has 0 spiro atoms. The Morgan fingerprint density at radius 3 is 2.82 bits per heavy atom. The van der Waals surface area contributed by atoms with Gasteiger partial charge >= 0.3 is 5.97 Å². The fraction of sp³-hybridized carbons (Fsp3) is 0.462. The SMILES string of the molecule is CCOc1ccccc1C(N)CCCC(=O)O. The number of benzene rings is 1. The maximum absolute atomic E-state index is 10.4. The molecular weight excluding hydrogens is 218 g/mol. The summed E-state index contributed by atoms with van der Waals surface area (Å²) in [5.74, 6) is 0.00752. The standard InChI is InChI=1S/C13H19NO3/c1-2-17-12-8-4-3-6-10(12)11(14)7-5-9-13(15)16/h3-4,6,8,11H,2,5,7,9,14H2,1H3,(H,15,16). The molecule has 1 unspecified atom stereocenters. The van der Waals surface area contributed by atoms with Crippen molar-refractivity contribution in [1.29, 1.82) is 0 Å². The van der Waals surface area contributed by atoms with Gasteiger partial charge in [0.1, 0.15) is 5.75 Å². The van der Waals surface area contributed by atoms with E-state index in [0.29, 0.717) is 19.4 Å². The summed E-state index contributed by atoms with van der Waals surface area (Å²) in [6.07, 6.45) is 1.39. The van der Waals surface area contributed by atoms with Gasteiger partial charge in [-0.1, -0.05) is 18.2 Å². The molecule has 4 heteroatoms. The number of rotatable bonds is 7. The highest BCUT2D eigenvalue weighted by atomic mass is 16.5. The maximum Gasteiger partial charge on any atom is 0.303 e. The molecule has 1 atom stereocenters. The molecule has 0 saturated carbocycles. The predicted molar refractivity (Wildman–Crippen MR) is 66.0 cm³/mol. The van der Waals surface area contributed by atoms with E-state index in [1.54, 1.807) is 0 Å². The van der Waals surface area contributed by atoms with Gasteiger partial charge < -0.3 is 15.6 Å². The number of aliphatic carboxylic acids is 1. The fourth-order valence-electron chi connectivity index (χ4n) is 1.70. The lowest BCUT2D eigenvalue weighted by atomic mass is 10.0. The average molecular weight is 237 g/mol. The van der Waals surface area contributed by atoms with E-state index < -0.39 is 5.97 Å². The molecule has 3 N–H and O–H groups in total. The normalized spacial score (nSPS) is 12.1. The first-order valence-corrected chi connectivity index (χ1v) is 5.84. The minimum atomic E-state index is -0.782. The number of ether oxygens (including phenoxy) is 1. The third-order valence-electron chi connectivity index (χ3n) is 2.52. The maximum atomic E-state index is 10.4. The minimum Gasteiger partial charge on any atom is -0.494 e. The second kappa shape index (κ2) is 6.91. The molecule has 0 aliphatic heterocycles. The van der Waals surface area contributed by atoms with Gasteiger partial charge in [0.05, 0.1) is 6.61 Å². The first-order chi connectivity index (χ1) is 8.15. The van der Waals surface area contributed by atoms with Crippen LogP contribution in [0.2, 0.25) is 0 Å². The summed E-state index contributed by atoms with van der Waals surface area (Å²) >= 11 is 0. The van der Waals surface area contributed by atoms with Crippen LogP contribution in [0.4, 0.5) is 0 Å². The van der Waals surface area contributed by atoms with Crippen molar-refractivity contribution in [3.05, 3.63) is 29.8 Å². The highest BCUT2D eigenvalue weighted by Gasteiger charge is 2.11. The first kappa shape index (κ1) is 13.5. The number of hydrogen-bond acceptors (Lipinski definition) is 3. The molecule has 94 valence electrons. The van der Waals surface area contributed by atoms with Crippen LogP contribution >= 0.6 is 0 Å². The molecule has 0 saturated heterocycles. The molecule has 1 aromatic rings. The van der Waals surface area contributed by atoms with Crippen molar-refractivity contribution >= 4 is 5.97 Å². The van der Waals surface area contributed by atoms with Gasteiger partial charge in [0, 0.05) is 18.0 Å². The van der Waals surface area contributed by atoms with Crippen LogP contribution in [0.25, 0.3) is 0 Å². The van der Waals surface area contributed by atoms with Crippen LogP contribution in [0, 0.1) is 0 Å². The zero-order valence-corrected chi connectivity index (χ0v) is 10.1. The van der Waals surface area contributed by atoms with Crippen molar-refractivity contribution in [3.8, 4) is 5.75 Å². The molecule has 1 aromatic carbocycles. The van der Waals surface area contributed by atoms with Crippen molar-refractivity contribution in [3.63, 3.8) is 0 Å². The summed E-state index contributed by atoms with van der Waals surface area (Å²) < 4.78 is 5.49. The molecule has 0 aliphatic rings. The van der Waals surface area contributed by atoms with Gasteiger partial charge in [-0.15, -0.1) is 0 Å². The molecule has 0 bridgehead atoms. The lowest BCUT2D eigenvalue weighted by Crippen LogP contribution is -2.12. The Bertz CT molecular complexity index is 365. The monoisotopic (exact) mass is 237 g/mol. The van der Waals surface area contributed by atoms with E-state index in [9.17, 15) is 4.79 Å². The fourth-order valence-corrected chi connectivity index (χ4v) is 1.70. The van der Waals surface area contributed by atoms with Crippen LogP contribution in [0.5, 0.6) is 5.75 Å². The lowest BCUT2D eigenvalue weighted by Gasteiger charge is -2.15. The van der Waals surface area contributed by atoms with E-state index in [0.717, 1.165) is 11.3 Å². The summed E-state index contributed by atoms with van der Waals surface area (Å²) in [4.78, 5) is 10.4. The largest absolute Gasteiger partial charge is 0.494 e. The number of para-hydroxylation sites is 1. The van der Waals surface area contributed by atoms with Gasteiger partial charge in [0.25, 0.3) is 0 Å². The van der Waals surface area contributed by atoms with Gasteiger partial charge in [-0.3, -0.25) is 4.79 Å². The molecule has 17 heavy (non-hydrogen) atoms. The summed E-state index contributed by atoms with van der Waals surface area (Å²) in [5, 5.41) is 8.57. The summed E-state index contributed by atoms with van der Waals surface area (Å²) in [5.41, 5.74) is 6.98. The Kier molecular flexibility index (Phi) is 5.49. The second-order valence-electron chi connectivity index (χ2n) is 3.86. The molecule has 4 nitrogen and oxygen atoms in total. The summed E-state index contributed by atoms with van der Waals surface area (Å²) in [6, 6.07) is 7.46. The molecule has 0 fully saturated rings. The zero-order chi connectivity index (χ0) is 12.7. The van der Waals surface area contributed by atoms with Gasteiger partial charge in [-0.25, -0.2) is 0 Å². The molecular formula is C13H19NO3. The van der Waals surface area contributed by atoms with Crippen molar-refractivity contribution in [1.82, 2.24) is 0 Å². The highest BCUT2D eigenvalue weighted by molar-refractivity contribution is 5.66. The van der Waals surface area contributed by atoms with Crippen molar-refractivity contribution < 1.29 is 14.6 Å². The average Bonchev–Trinajstić information content (AvgIpc) is 2.29. The molecule has 1 rings (SSSR count). The quantitative estimate of drug-likeness (QED) is 0.763. The summed E-state index contributed by atoms with van der Waals surface area (Å²) in [7, 11) is 0. The van der Waals surface area contributed by atoms with Crippen LogP contribution in [0.15, 0.2) is 24.3 Å². The predicted octanol–water partition coefficient (Wildman–Crippen LogP) is 2.34. The van der Waals surface area contributed by atoms with Crippen LogP contribution < -0.4 is 10.5 Å². The second-order valence-corrected chi connectivity index (χ2v) is 3.86. The van der Waals surface area contributed by atoms with E-state index in [1.807, 2.05) is 31.2 Å². The van der Waals surface area contributed by atoms with Crippen LogP contribution in [0.1, 0.15) is 37.8 Å². The first-order valence-electron chi connectivity index (χ1n) is 5.84. The number of carbonyl (C=O) groups is 1. The smallest absolute Gasteiger partial charge is 0.303 e. The van der Waals surface area contributed by atoms with E-state index in [1.165, 1.54) is 0 Å². The molecule has 0 radical (unpaired) electrons. The van der Waals surface area contributed by atoms with Crippen LogP contribution in [-0.4, -0.2) is 17.7 Å². The van der Waals surface area contributed by atoms with Crippen molar-refractivity contribution in [2.45, 2.75) is 32.2 Å². The molecule has 0 aliphatic carbocycles. The Labute approximate surface area is 101 Å². The van der Waals surface area contributed by atoms with Crippen LogP contribution in [-0.2, 0) is 4.79 Å². The van der Waals surface area contributed by atoms with E-state index in [4.69, 9.17) is 15.6 Å². The molecule has 0 heterocycles. The van der Waals surface area contributed by atoms with Gasteiger partial charge in [-0.2, -0.15) is 0 Å². The summed E-state index contributed by atoms with van der Waals surface area (Å²) in [6.45, 7) is 2.52. The minimum absolute atomic E-state index is 0.157. The Hall–Kier alpha value is -1.55. The van der Waals surface area contributed by atoms with Crippen LogP contribution in [0.3, 0.4) is 0 Å². The van der Waals surface area contributed by atoms with E-state index in [2.05, 4.69) is 0 Å². The van der Waals surface area contributed by atoms with Crippen molar-refractivity contribution in [2.24, 2.45) is 5.73 Å². The third-order valence-corrected chi connectivity index (χ3v) is 2.52.